The highest BCUT2D eigenvalue weighted by Gasteiger charge is 2.32. The van der Waals surface area contributed by atoms with E-state index in [1.54, 1.807) is 43.3 Å². The lowest BCUT2D eigenvalue weighted by Gasteiger charge is -2.32. The Hall–Kier alpha value is -3.30. The second-order valence-corrected chi connectivity index (χ2v) is 13.1. The van der Waals surface area contributed by atoms with Crippen LogP contribution in [0.3, 0.4) is 0 Å². The highest BCUT2D eigenvalue weighted by atomic mass is 32.2. The summed E-state index contributed by atoms with van der Waals surface area (Å²) in [5.74, 6) is -0.513. The van der Waals surface area contributed by atoms with Gasteiger partial charge in [0.15, 0.2) is 0 Å². The molecule has 0 radical (unpaired) electrons. The Morgan fingerprint density at radius 1 is 0.850 bits per heavy atom. The molecule has 1 N–H and O–H groups in total. The molecule has 0 aliphatic heterocycles. The zero-order valence-corrected chi connectivity index (χ0v) is 25.7. The first-order valence-electron chi connectivity index (χ1n) is 13.3. The lowest BCUT2D eigenvalue weighted by molar-refractivity contribution is -0.139. The fourth-order valence-electron chi connectivity index (χ4n) is 4.04. The van der Waals surface area contributed by atoms with Crippen molar-refractivity contribution in [1.29, 1.82) is 0 Å². The first-order valence-corrected chi connectivity index (χ1v) is 15.9. The lowest BCUT2D eigenvalue weighted by Crippen LogP contribution is -2.51. The van der Waals surface area contributed by atoms with Gasteiger partial charge in [-0.2, -0.15) is 0 Å². The van der Waals surface area contributed by atoms with E-state index in [2.05, 4.69) is 5.32 Å². The van der Waals surface area contributed by atoms with E-state index in [1.807, 2.05) is 70.3 Å². The van der Waals surface area contributed by atoms with Crippen molar-refractivity contribution in [1.82, 2.24) is 10.2 Å². The Morgan fingerprint density at radius 3 is 1.93 bits per heavy atom. The third kappa shape index (κ3) is 8.11. The quantitative estimate of drug-likeness (QED) is 0.289. The minimum absolute atomic E-state index is 0.0893. The summed E-state index contributed by atoms with van der Waals surface area (Å²) in [5, 5.41) is 2.90. The number of benzene rings is 3. The number of nitrogens with one attached hydrogen (secondary N) is 1. The molecular formula is C31H39N3O4S2. The molecule has 2 amide bonds. The second-order valence-electron chi connectivity index (χ2n) is 10.3. The number of carbonyl (C=O) groups is 2. The van der Waals surface area contributed by atoms with Crippen LogP contribution < -0.4 is 9.62 Å². The molecule has 3 rings (SSSR count). The zero-order valence-electron chi connectivity index (χ0n) is 24.0. The van der Waals surface area contributed by atoms with Gasteiger partial charge in [-0.15, -0.1) is 11.8 Å². The summed E-state index contributed by atoms with van der Waals surface area (Å²) in [6.45, 7) is 9.75. The first-order chi connectivity index (χ1) is 18.9. The molecule has 0 aromatic heterocycles. The largest absolute Gasteiger partial charge is 0.354 e. The van der Waals surface area contributed by atoms with Crippen molar-refractivity contribution in [3.8, 4) is 0 Å². The van der Waals surface area contributed by atoms with Crippen LogP contribution in [0.15, 0.2) is 82.6 Å². The van der Waals surface area contributed by atoms with Crippen LogP contribution in [0.2, 0.25) is 0 Å². The molecule has 0 aliphatic carbocycles. The average Bonchev–Trinajstić information content (AvgIpc) is 2.94. The monoisotopic (exact) mass is 581 g/mol. The third-order valence-corrected chi connectivity index (χ3v) is 9.11. The van der Waals surface area contributed by atoms with Crippen LogP contribution in [-0.2, 0) is 26.2 Å². The molecule has 0 spiro atoms. The van der Waals surface area contributed by atoms with Gasteiger partial charge in [-0.25, -0.2) is 8.42 Å². The van der Waals surface area contributed by atoms with Gasteiger partial charge in [0.2, 0.25) is 11.8 Å². The molecule has 3 aromatic rings. The summed E-state index contributed by atoms with van der Waals surface area (Å²) in [4.78, 5) is 29.5. The van der Waals surface area contributed by atoms with E-state index >= 15 is 0 Å². The Kier molecular flexibility index (Phi) is 10.8. The smallest absolute Gasteiger partial charge is 0.264 e. The Morgan fingerprint density at radius 2 is 1.40 bits per heavy atom. The molecule has 0 heterocycles. The standard InChI is InChI=1S/C31H39N3O4S2/c1-22(2)19-32-31(36)25(5)33(20-26-11-7-23(3)8-12-26)30(35)21-34(27-13-9-24(4)10-14-27)40(37,38)29-17-15-28(39-6)16-18-29/h7-18,22,25H,19-21H2,1-6H3,(H,32,36). The topological polar surface area (TPSA) is 86.8 Å². The van der Waals surface area contributed by atoms with Crippen LogP contribution >= 0.6 is 11.8 Å². The fraction of sp³-hybridized carbons (Fsp3) is 0.355. The van der Waals surface area contributed by atoms with E-state index in [0.717, 1.165) is 25.9 Å². The molecule has 9 heteroatoms. The summed E-state index contributed by atoms with van der Waals surface area (Å²) in [6.07, 6.45) is 1.92. The summed E-state index contributed by atoms with van der Waals surface area (Å²) >= 11 is 1.52. The molecule has 0 saturated heterocycles. The van der Waals surface area contributed by atoms with Crippen molar-refractivity contribution in [2.75, 3.05) is 23.7 Å². The summed E-state index contributed by atoms with van der Waals surface area (Å²) in [6, 6.07) is 20.5. The highest BCUT2D eigenvalue weighted by molar-refractivity contribution is 7.98. The van der Waals surface area contributed by atoms with E-state index in [0.29, 0.717) is 12.2 Å². The van der Waals surface area contributed by atoms with Crippen LogP contribution in [0.1, 0.15) is 37.5 Å². The molecule has 3 aromatic carbocycles. The van der Waals surface area contributed by atoms with Crippen LogP contribution in [0, 0.1) is 19.8 Å². The van der Waals surface area contributed by atoms with E-state index < -0.39 is 28.5 Å². The van der Waals surface area contributed by atoms with Crippen molar-refractivity contribution < 1.29 is 18.0 Å². The molecule has 40 heavy (non-hydrogen) atoms. The fourth-order valence-corrected chi connectivity index (χ4v) is 5.86. The maximum absolute atomic E-state index is 14.0. The van der Waals surface area contributed by atoms with E-state index in [1.165, 1.54) is 16.7 Å². The summed E-state index contributed by atoms with van der Waals surface area (Å²) in [7, 11) is -4.09. The number of hydrogen-bond donors (Lipinski definition) is 1. The summed E-state index contributed by atoms with van der Waals surface area (Å²) in [5.41, 5.74) is 3.27. The SMILES string of the molecule is CSc1ccc(S(=O)(=O)N(CC(=O)N(Cc2ccc(C)cc2)C(C)C(=O)NCC(C)C)c2ccc(C)cc2)cc1. The Bertz CT molecular complexity index is 1390. The number of nitrogens with zero attached hydrogens (tertiary/aromatic N) is 2. The number of rotatable bonds is 12. The Labute approximate surface area is 243 Å². The number of anilines is 1. The van der Waals surface area contributed by atoms with Gasteiger partial charge in [-0.3, -0.25) is 13.9 Å². The third-order valence-electron chi connectivity index (χ3n) is 6.57. The van der Waals surface area contributed by atoms with Gasteiger partial charge < -0.3 is 10.2 Å². The zero-order chi connectivity index (χ0) is 29.4. The van der Waals surface area contributed by atoms with Crippen LogP contribution in [0.5, 0.6) is 0 Å². The Balaban J connectivity index is 2.00. The number of hydrogen-bond acceptors (Lipinski definition) is 5. The van der Waals surface area contributed by atoms with Crippen molar-refractivity contribution >= 4 is 39.3 Å². The van der Waals surface area contributed by atoms with Gasteiger partial charge in [-0.1, -0.05) is 61.4 Å². The summed E-state index contributed by atoms with van der Waals surface area (Å²) < 4.78 is 29.0. The molecule has 0 saturated carbocycles. The molecule has 1 atom stereocenters. The average molecular weight is 582 g/mol. The second kappa shape index (κ2) is 13.9. The maximum atomic E-state index is 14.0. The van der Waals surface area contributed by atoms with Gasteiger partial charge in [-0.05, 0) is 74.9 Å². The van der Waals surface area contributed by atoms with Gasteiger partial charge in [0.25, 0.3) is 10.0 Å². The van der Waals surface area contributed by atoms with Crippen LogP contribution in [0.25, 0.3) is 0 Å². The van der Waals surface area contributed by atoms with Gasteiger partial charge in [0.1, 0.15) is 12.6 Å². The van der Waals surface area contributed by atoms with Crippen molar-refractivity contribution in [3.05, 3.63) is 89.5 Å². The maximum Gasteiger partial charge on any atom is 0.264 e. The van der Waals surface area contributed by atoms with E-state index in [4.69, 9.17) is 0 Å². The number of sulfonamides is 1. The molecule has 0 bridgehead atoms. The van der Waals surface area contributed by atoms with Crippen molar-refractivity contribution in [2.45, 2.75) is 57.0 Å². The number of amides is 2. The van der Waals surface area contributed by atoms with Gasteiger partial charge in [0.05, 0.1) is 10.6 Å². The molecule has 0 fully saturated rings. The van der Waals surface area contributed by atoms with E-state index in [9.17, 15) is 18.0 Å². The van der Waals surface area contributed by atoms with Crippen molar-refractivity contribution in [2.24, 2.45) is 5.92 Å². The highest BCUT2D eigenvalue weighted by Crippen LogP contribution is 2.26. The van der Waals surface area contributed by atoms with Gasteiger partial charge in [0, 0.05) is 18.0 Å². The molecular weight excluding hydrogens is 542 g/mol. The van der Waals surface area contributed by atoms with Crippen LogP contribution in [-0.4, -0.2) is 50.5 Å². The first kappa shape index (κ1) is 31.2. The van der Waals surface area contributed by atoms with Crippen LogP contribution in [0.4, 0.5) is 5.69 Å². The number of aryl methyl sites for hydroxylation is 2. The predicted octanol–water partition coefficient (Wildman–Crippen LogP) is 5.41. The number of carbonyl (C=O) groups excluding carboxylic acids is 2. The van der Waals surface area contributed by atoms with E-state index in [-0.39, 0.29) is 23.3 Å². The lowest BCUT2D eigenvalue weighted by atomic mass is 10.1. The molecule has 0 aliphatic rings. The van der Waals surface area contributed by atoms with Crippen molar-refractivity contribution in [3.63, 3.8) is 0 Å². The minimum Gasteiger partial charge on any atom is -0.354 e. The normalized spacial score (nSPS) is 12.2. The number of thioether (sulfide) groups is 1. The predicted molar refractivity (Wildman–Crippen MR) is 163 cm³/mol. The molecule has 1 unspecified atom stereocenters. The molecule has 7 nitrogen and oxygen atoms in total. The van der Waals surface area contributed by atoms with Gasteiger partial charge >= 0.3 is 0 Å². The molecule has 214 valence electrons. The minimum atomic E-state index is -4.09.